The van der Waals surface area contributed by atoms with Crippen LogP contribution in [-0.4, -0.2) is 72.6 Å². The highest BCUT2D eigenvalue weighted by molar-refractivity contribution is 6.33. The van der Waals surface area contributed by atoms with E-state index in [0.717, 1.165) is 37.9 Å². The van der Waals surface area contributed by atoms with E-state index in [-0.39, 0.29) is 53.9 Å². The Morgan fingerprint density at radius 3 is 2.71 bits per heavy atom. The van der Waals surface area contributed by atoms with Gasteiger partial charge in [-0.2, -0.15) is 0 Å². The summed E-state index contributed by atoms with van der Waals surface area (Å²) in [4.78, 5) is 31.1. The number of phenolic OH excluding ortho intramolecular Hbond substituents is 1. The van der Waals surface area contributed by atoms with E-state index in [4.69, 9.17) is 25.9 Å². The number of piperidine rings is 1. The van der Waals surface area contributed by atoms with E-state index in [2.05, 4.69) is 16.5 Å². The predicted octanol–water partition coefficient (Wildman–Crippen LogP) is 5.26. The molecule has 226 valence electrons. The van der Waals surface area contributed by atoms with E-state index in [9.17, 15) is 14.7 Å². The molecular weight excluding hydrogens is 546 g/mol. The van der Waals surface area contributed by atoms with Crippen molar-refractivity contribution in [2.75, 3.05) is 32.8 Å². The van der Waals surface area contributed by atoms with Crippen LogP contribution in [0.1, 0.15) is 76.5 Å². The van der Waals surface area contributed by atoms with Gasteiger partial charge in [0.1, 0.15) is 5.75 Å². The third-order valence-electron chi connectivity index (χ3n) is 7.09. The van der Waals surface area contributed by atoms with Crippen molar-refractivity contribution in [3.8, 4) is 5.75 Å². The average Bonchev–Trinajstić information content (AvgIpc) is 2.94. The van der Waals surface area contributed by atoms with Crippen molar-refractivity contribution in [3.05, 3.63) is 52.6 Å². The lowest BCUT2D eigenvalue weighted by Crippen LogP contribution is -2.37. The van der Waals surface area contributed by atoms with Crippen LogP contribution in [0, 0.1) is 0 Å². The number of likely N-dealkylation sites (tertiary alicyclic amines) is 1. The fourth-order valence-corrected chi connectivity index (χ4v) is 5.14. The Labute approximate surface area is 248 Å². The molecule has 2 heterocycles. The molecule has 1 saturated heterocycles. The van der Waals surface area contributed by atoms with Crippen LogP contribution < -0.4 is 5.32 Å². The molecule has 2 unspecified atom stereocenters. The number of amides is 2. The first-order chi connectivity index (χ1) is 19.7. The van der Waals surface area contributed by atoms with E-state index in [1.807, 2.05) is 43.0 Å². The Kier molecular flexibility index (Phi) is 13.7. The van der Waals surface area contributed by atoms with Gasteiger partial charge in [0.15, 0.2) is 6.61 Å². The van der Waals surface area contributed by atoms with Gasteiger partial charge in [-0.05, 0) is 75.6 Å². The van der Waals surface area contributed by atoms with Gasteiger partial charge in [0, 0.05) is 39.6 Å². The number of ether oxygens (including phenoxy) is 2. The molecule has 1 fully saturated rings. The fraction of sp³-hybridized carbons (Fsp3) is 0.581. The van der Waals surface area contributed by atoms with Crippen molar-refractivity contribution in [1.29, 1.82) is 0 Å². The number of aromatic hydroxyl groups is 1. The molecule has 41 heavy (non-hydrogen) atoms. The monoisotopic (exact) mass is 589 g/mol. The summed E-state index contributed by atoms with van der Waals surface area (Å²) in [6.07, 6.45) is 12.8. The van der Waals surface area contributed by atoms with Gasteiger partial charge in [-0.15, -0.1) is 0 Å². The maximum Gasteiger partial charge on any atom is 0.263 e. The number of benzene rings is 1. The molecule has 1 aromatic carbocycles. The predicted molar refractivity (Wildman–Crippen MR) is 160 cm³/mol. The quantitative estimate of drug-likeness (QED) is 0.243. The number of carbonyl (C=O) groups excluding carboxylic acids is 2. The summed E-state index contributed by atoms with van der Waals surface area (Å²) in [7, 11) is 0. The minimum absolute atomic E-state index is 0.0213. The number of oxime groups is 1. The van der Waals surface area contributed by atoms with Gasteiger partial charge in [0.2, 0.25) is 5.91 Å². The zero-order valence-corrected chi connectivity index (χ0v) is 25.2. The standard InChI is InChI=1S/C31H44ClN3O6/c1-22-10-7-12-26(39-19-9-16-33-24(3)36)13-8-11-25(34-40-21-30(38)35-17-5-4-6-18-35)20-28-27(23(2)41-22)14-15-29(37)31(28)32/h7-8,11-12,14-15,22-23,26,37H,4-6,9-10,13,16-21H2,1-3H3,(H,33,36)/b11-8+,12-7+,34-25-/t22-,23?,26?/m1/s1. The lowest BCUT2D eigenvalue weighted by atomic mass is 9.97. The Bertz CT molecular complexity index is 1100. The second-order valence-corrected chi connectivity index (χ2v) is 11.0. The minimum atomic E-state index is -0.290. The number of phenols is 1. The Balaban J connectivity index is 1.81. The molecule has 2 amide bonds. The molecular formula is C31H44ClN3O6. The fourth-order valence-electron chi connectivity index (χ4n) is 4.90. The largest absolute Gasteiger partial charge is 0.506 e. The zero-order valence-electron chi connectivity index (χ0n) is 24.4. The van der Waals surface area contributed by atoms with Crippen molar-refractivity contribution in [2.24, 2.45) is 5.16 Å². The number of hydrogen-bond donors (Lipinski definition) is 2. The third kappa shape index (κ3) is 11.1. The lowest BCUT2D eigenvalue weighted by molar-refractivity contribution is -0.137. The second-order valence-electron chi connectivity index (χ2n) is 10.6. The maximum atomic E-state index is 12.6. The molecule has 0 aliphatic carbocycles. The molecule has 1 aromatic rings. The first-order valence-electron chi connectivity index (χ1n) is 14.6. The normalized spacial score (nSPS) is 24.6. The minimum Gasteiger partial charge on any atom is -0.506 e. The summed E-state index contributed by atoms with van der Waals surface area (Å²) in [6.45, 7) is 7.87. The highest BCUT2D eigenvalue weighted by atomic mass is 35.5. The maximum absolute atomic E-state index is 12.6. The molecule has 9 nitrogen and oxygen atoms in total. The Hall–Kier alpha value is -2.88. The number of carbonyl (C=O) groups is 2. The van der Waals surface area contributed by atoms with Crippen LogP contribution in [0.15, 0.2) is 41.6 Å². The SMILES string of the molecule is CC(=O)NCCCOC1/C=C/C[C@@H](C)OC(C)c2ccc(O)c(Cl)c2CC(=N\OCC(=O)N2CCCCC2)/C=C/C1. The van der Waals surface area contributed by atoms with E-state index in [0.29, 0.717) is 43.7 Å². The number of fused-ring (bicyclic) bond motifs is 1. The topological polar surface area (TPSA) is 110 Å². The molecule has 0 aromatic heterocycles. The molecule has 0 saturated carbocycles. The van der Waals surface area contributed by atoms with Crippen molar-refractivity contribution >= 4 is 29.1 Å². The van der Waals surface area contributed by atoms with Gasteiger partial charge in [-0.1, -0.05) is 41.1 Å². The summed E-state index contributed by atoms with van der Waals surface area (Å²) >= 11 is 6.60. The summed E-state index contributed by atoms with van der Waals surface area (Å²) in [5, 5.41) is 17.7. The highest BCUT2D eigenvalue weighted by Crippen LogP contribution is 2.35. The molecule has 2 N–H and O–H groups in total. The zero-order chi connectivity index (χ0) is 29.6. The molecule has 0 radical (unpaired) electrons. The van der Waals surface area contributed by atoms with Crippen LogP contribution in [0.3, 0.4) is 0 Å². The average molecular weight is 590 g/mol. The van der Waals surface area contributed by atoms with Crippen LogP contribution in [-0.2, 0) is 30.3 Å². The Morgan fingerprint density at radius 2 is 1.95 bits per heavy atom. The van der Waals surface area contributed by atoms with Gasteiger partial charge < -0.3 is 29.6 Å². The second kappa shape index (κ2) is 17.2. The molecule has 0 bridgehead atoms. The van der Waals surface area contributed by atoms with E-state index in [1.54, 1.807) is 6.07 Å². The van der Waals surface area contributed by atoms with Gasteiger partial charge in [-0.25, -0.2) is 0 Å². The van der Waals surface area contributed by atoms with E-state index < -0.39 is 0 Å². The summed E-state index contributed by atoms with van der Waals surface area (Å²) < 4.78 is 12.4. The van der Waals surface area contributed by atoms with Crippen LogP contribution in [0.2, 0.25) is 5.02 Å². The first-order valence-corrected chi connectivity index (χ1v) is 14.9. The van der Waals surface area contributed by atoms with Crippen LogP contribution in [0.25, 0.3) is 0 Å². The van der Waals surface area contributed by atoms with Crippen LogP contribution in [0.4, 0.5) is 0 Å². The molecule has 0 spiro atoms. The summed E-state index contributed by atoms with van der Waals surface area (Å²) in [5.41, 5.74) is 2.10. The van der Waals surface area contributed by atoms with Crippen LogP contribution in [0.5, 0.6) is 5.75 Å². The van der Waals surface area contributed by atoms with Gasteiger partial charge in [0.05, 0.1) is 29.0 Å². The smallest absolute Gasteiger partial charge is 0.263 e. The van der Waals surface area contributed by atoms with Gasteiger partial charge >= 0.3 is 0 Å². The van der Waals surface area contributed by atoms with E-state index >= 15 is 0 Å². The Morgan fingerprint density at radius 1 is 1.17 bits per heavy atom. The van der Waals surface area contributed by atoms with Gasteiger partial charge in [-0.3, -0.25) is 9.59 Å². The van der Waals surface area contributed by atoms with E-state index in [1.165, 1.54) is 6.92 Å². The molecule has 2 aliphatic rings. The molecule has 2 aliphatic heterocycles. The number of hydrogen-bond acceptors (Lipinski definition) is 7. The molecule has 3 rings (SSSR count). The first kappa shape index (κ1) is 32.6. The molecule has 10 heteroatoms. The number of halogens is 1. The summed E-state index contributed by atoms with van der Waals surface area (Å²) in [5.74, 6) is -0.161. The van der Waals surface area contributed by atoms with Crippen molar-refractivity contribution < 1.29 is 29.0 Å². The highest BCUT2D eigenvalue weighted by Gasteiger charge is 2.21. The number of allylic oxidation sites excluding steroid dienone is 1. The number of rotatable bonds is 8. The van der Waals surface area contributed by atoms with Crippen molar-refractivity contribution in [3.63, 3.8) is 0 Å². The van der Waals surface area contributed by atoms with Crippen molar-refractivity contribution in [2.45, 2.75) is 84.0 Å². The van der Waals surface area contributed by atoms with Crippen molar-refractivity contribution in [1.82, 2.24) is 10.2 Å². The third-order valence-corrected chi connectivity index (χ3v) is 7.52. The van der Waals surface area contributed by atoms with Gasteiger partial charge in [0.25, 0.3) is 5.91 Å². The number of nitrogens with zero attached hydrogens (tertiary/aromatic N) is 2. The lowest BCUT2D eigenvalue weighted by Gasteiger charge is -2.26. The van der Waals surface area contributed by atoms with Crippen LogP contribution >= 0.6 is 11.6 Å². The summed E-state index contributed by atoms with van der Waals surface area (Å²) in [6, 6.07) is 3.39. The number of nitrogens with one attached hydrogen (secondary N) is 1. The molecule has 3 atom stereocenters.